The lowest BCUT2D eigenvalue weighted by atomic mass is 9.99. The van der Waals surface area contributed by atoms with E-state index in [1.807, 2.05) is 84.4 Å². The molecule has 0 aliphatic heterocycles. The Balaban J connectivity index is 1.39. The Morgan fingerprint density at radius 2 is 1.60 bits per heavy atom. The number of nitrogens with one attached hydrogen (secondary N) is 1. The van der Waals surface area contributed by atoms with Gasteiger partial charge in [0.25, 0.3) is 5.91 Å². The summed E-state index contributed by atoms with van der Waals surface area (Å²) in [6.07, 6.45) is 5.49. The Morgan fingerprint density at radius 3 is 2.33 bits per heavy atom. The van der Waals surface area contributed by atoms with E-state index in [1.54, 1.807) is 6.20 Å². The topological polar surface area (TPSA) is 46.9 Å². The van der Waals surface area contributed by atoms with E-state index in [-0.39, 0.29) is 5.91 Å². The van der Waals surface area contributed by atoms with Crippen molar-refractivity contribution in [3.8, 4) is 5.69 Å². The molecule has 4 heteroatoms. The summed E-state index contributed by atoms with van der Waals surface area (Å²) in [7, 11) is 0. The van der Waals surface area contributed by atoms with E-state index in [2.05, 4.69) is 22.4 Å². The average Bonchev–Trinajstić information content (AvgIpc) is 3.23. The van der Waals surface area contributed by atoms with Gasteiger partial charge in [-0.15, -0.1) is 0 Å². The van der Waals surface area contributed by atoms with E-state index in [1.165, 1.54) is 5.56 Å². The quantitative estimate of drug-likeness (QED) is 0.484. The lowest BCUT2D eigenvalue weighted by Gasteiger charge is -2.11. The molecular formula is C26H25N3O. The highest BCUT2D eigenvalue weighted by atomic mass is 16.1. The lowest BCUT2D eigenvalue weighted by molar-refractivity contribution is 0.0950. The van der Waals surface area contributed by atoms with Gasteiger partial charge in [0.2, 0.25) is 0 Å². The summed E-state index contributed by atoms with van der Waals surface area (Å²) in [5.74, 6) is 0.913. The summed E-state index contributed by atoms with van der Waals surface area (Å²) >= 11 is 0. The molecule has 0 aliphatic rings. The van der Waals surface area contributed by atoms with Crippen molar-refractivity contribution in [2.24, 2.45) is 0 Å². The monoisotopic (exact) mass is 395 g/mol. The molecule has 4 rings (SSSR count). The lowest BCUT2D eigenvalue weighted by Crippen LogP contribution is -2.24. The van der Waals surface area contributed by atoms with Crippen LogP contribution in [-0.2, 0) is 19.4 Å². The van der Waals surface area contributed by atoms with E-state index >= 15 is 0 Å². The third-order valence-corrected chi connectivity index (χ3v) is 5.28. The number of aryl methyl sites for hydroxylation is 3. The Hall–Kier alpha value is -3.66. The van der Waals surface area contributed by atoms with Gasteiger partial charge in [-0.25, -0.2) is 4.98 Å². The Kier molecular flexibility index (Phi) is 6.04. The number of hydrogen-bond acceptors (Lipinski definition) is 2. The first-order chi connectivity index (χ1) is 14.7. The van der Waals surface area contributed by atoms with Crippen LogP contribution in [0.3, 0.4) is 0 Å². The van der Waals surface area contributed by atoms with Crippen LogP contribution in [0, 0.1) is 6.92 Å². The van der Waals surface area contributed by atoms with E-state index in [0.29, 0.717) is 6.54 Å². The van der Waals surface area contributed by atoms with Crippen LogP contribution in [0.25, 0.3) is 5.69 Å². The molecule has 4 nitrogen and oxygen atoms in total. The maximum absolute atomic E-state index is 12.8. The van der Waals surface area contributed by atoms with Gasteiger partial charge < -0.3 is 9.88 Å². The number of rotatable bonds is 7. The first kappa shape index (κ1) is 19.6. The first-order valence-corrected chi connectivity index (χ1v) is 10.2. The van der Waals surface area contributed by atoms with E-state index < -0.39 is 0 Å². The minimum atomic E-state index is -0.0341. The average molecular weight is 396 g/mol. The maximum atomic E-state index is 12.8. The van der Waals surface area contributed by atoms with Gasteiger partial charge in [-0.3, -0.25) is 4.79 Å². The Bertz CT molecular complexity index is 1110. The minimum absolute atomic E-state index is 0.0341. The molecule has 0 bridgehead atoms. The van der Waals surface area contributed by atoms with Gasteiger partial charge in [0, 0.05) is 30.2 Å². The van der Waals surface area contributed by atoms with Crippen LogP contribution in [0.5, 0.6) is 0 Å². The van der Waals surface area contributed by atoms with E-state index in [4.69, 9.17) is 0 Å². The van der Waals surface area contributed by atoms with Gasteiger partial charge in [0.15, 0.2) is 0 Å². The molecule has 0 fully saturated rings. The first-order valence-electron chi connectivity index (χ1n) is 10.2. The zero-order valence-corrected chi connectivity index (χ0v) is 17.1. The highest BCUT2D eigenvalue weighted by molar-refractivity contribution is 5.95. The van der Waals surface area contributed by atoms with Crippen molar-refractivity contribution < 1.29 is 4.79 Å². The van der Waals surface area contributed by atoms with Gasteiger partial charge in [-0.2, -0.15) is 0 Å². The molecule has 0 unspecified atom stereocenters. The van der Waals surface area contributed by atoms with Crippen molar-refractivity contribution in [1.82, 2.24) is 14.9 Å². The second-order valence-electron chi connectivity index (χ2n) is 7.34. The number of hydrogen-bond donors (Lipinski definition) is 1. The number of amides is 1. The van der Waals surface area contributed by atoms with Crippen molar-refractivity contribution >= 4 is 5.91 Å². The highest BCUT2D eigenvalue weighted by Gasteiger charge is 2.11. The van der Waals surface area contributed by atoms with E-state index in [9.17, 15) is 4.79 Å². The molecule has 150 valence electrons. The van der Waals surface area contributed by atoms with Crippen LogP contribution in [-0.4, -0.2) is 15.5 Å². The fourth-order valence-electron chi connectivity index (χ4n) is 3.59. The molecule has 0 atom stereocenters. The fourth-order valence-corrected chi connectivity index (χ4v) is 3.59. The van der Waals surface area contributed by atoms with Crippen LogP contribution in [0.4, 0.5) is 0 Å². The normalized spacial score (nSPS) is 10.7. The zero-order valence-electron chi connectivity index (χ0n) is 17.1. The van der Waals surface area contributed by atoms with Gasteiger partial charge in [-0.05, 0) is 54.7 Å². The summed E-state index contributed by atoms with van der Waals surface area (Å²) in [5, 5.41) is 3.06. The fraction of sp³-hybridized carbons (Fsp3) is 0.154. The third kappa shape index (κ3) is 4.66. The number of nitrogens with zero attached hydrogens (tertiary/aromatic N) is 2. The molecule has 0 radical (unpaired) electrons. The highest BCUT2D eigenvalue weighted by Crippen LogP contribution is 2.14. The predicted molar refractivity (Wildman–Crippen MR) is 120 cm³/mol. The van der Waals surface area contributed by atoms with Crippen LogP contribution >= 0.6 is 0 Å². The molecule has 0 spiro atoms. The summed E-state index contributed by atoms with van der Waals surface area (Å²) in [5.41, 5.74) is 5.22. The molecule has 1 aromatic heterocycles. The van der Waals surface area contributed by atoms with Crippen LogP contribution in [0.2, 0.25) is 0 Å². The van der Waals surface area contributed by atoms with Crippen molar-refractivity contribution in [2.75, 3.05) is 0 Å². The molecule has 0 saturated carbocycles. The molecular weight excluding hydrogens is 370 g/mol. The summed E-state index contributed by atoms with van der Waals surface area (Å²) in [4.78, 5) is 17.1. The summed E-state index contributed by atoms with van der Waals surface area (Å²) < 4.78 is 2.03. The van der Waals surface area contributed by atoms with Crippen LogP contribution < -0.4 is 5.32 Å². The standard InChI is InChI=1S/C26H25N3O/c1-20-27-17-18-29(20)24-15-12-22(13-16-24)19-28-26(30)25-10-6-5-9-23(25)14-11-21-7-3-2-4-8-21/h2-10,12-13,15-18H,11,14,19H2,1H3,(H,28,30). The van der Waals surface area contributed by atoms with Crippen LogP contribution in [0.1, 0.15) is 32.9 Å². The van der Waals surface area contributed by atoms with E-state index in [0.717, 1.165) is 41.0 Å². The summed E-state index contributed by atoms with van der Waals surface area (Å²) in [6.45, 7) is 2.47. The van der Waals surface area contributed by atoms with Gasteiger partial charge in [-0.1, -0.05) is 60.7 Å². The molecule has 0 saturated heterocycles. The third-order valence-electron chi connectivity index (χ3n) is 5.28. The van der Waals surface area contributed by atoms with Crippen molar-refractivity contribution in [1.29, 1.82) is 0 Å². The SMILES string of the molecule is Cc1nccn1-c1ccc(CNC(=O)c2ccccc2CCc2ccccc2)cc1. The number of aromatic nitrogens is 2. The molecule has 1 amide bonds. The number of imidazole rings is 1. The van der Waals surface area contributed by atoms with Crippen molar-refractivity contribution in [3.63, 3.8) is 0 Å². The second-order valence-corrected chi connectivity index (χ2v) is 7.34. The maximum Gasteiger partial charge on any atom is 0.251 e. The number of carbonyl (C=O) groups excluding carboxylic acids is 1. The second kappa shape index (κ2) is 9.23. The molecule has 4 aromatic rings. The van der Waals surface area contributed by atoms with Gasteiger partial charge in [0.05, 0.1) is 0 Å². The van der Waals surface area contributed by atoms with Crippen molar-refractivity contribution in [3.05, 3.63) is 119 Å². The Labute approximate surface area is 177 Å². The van der Waals surface area contributed by atoms with Gasteiger partial charge >= 0.3 is 0 Å². The van der Waals surface area contributed by atoms with Crippen LogP contribution in [0.15, 0.2) is 91.3 Å². The molecule has 3 aromatic carbocycles. The predicted octanol–water partition coefficient (Wildman–Crippen LogP) is 4.90. The summed E-state index contributed by atoms with van der Waals surface area (Å²) in [6, 6.07) is 26.4. The largest absolute Gasteiger partial charge is 0.348 e. The molecule has 1 N–H and O–H groups in total. The molecule has 1 heterocycles. The smallest absolute Gasteiger partial charge is 0.251 e. The molecule has 30 heavy (non-hydrogen) atoms. The van der Waals surface area contributed by atoms with Gasteiger partial charge in [0.1, 0.15) is 5.82 Å². The van der Waals surface area contributed by atoms with Crippen molar-refractivity contribution in [2.45, 2.75) is 26.3 Å². The minimum Gasteiger partial charge on any atom is -0.348 e. The Morgan fingerprint density at radius 1 is 0.867 bits per heavy atom. The molecule has 0 aliphatic carbocycles. The number of benzene rings is 3. The number of carbonyl (C=O) groups is 1. The zero-order chi connectivity index (χ0) is 20.8.